The van der Waals surface area contributed by atoms with Crippen molar-refractivity contribution in [3.8, 4) is 0 Å². The summed E-state index contributed by atoms with van der Waals surface area (Å²) in [6, 6.07) is 0. The first-order valence-electron chi connectivity index (χ1n) is 4.34. The zero-order valence-electron chi connectivity index (χ0n) is 7.94. The number of imidazole rings is 1. The molecule has 0 atom stereocenters. The molecule has 0 unspecified atom stereocenters. The van der Waals surface area contributed by atoms with Crippen molar-refractivity contribution >= 4 is 22.3 Å². The van der Waals surface area contributed by atoms with Crippen molar-refractivity contribution in [2.75, 3.05) is 0 Å². The second kappa shape index (κ2) is 3.09. The molecular weight excluding hydrogens is 200 g/mol. The Kier molecular flexibility index (Phi) is 2.03. The molecule has 74 valence electrons. The van der Waals surface area contributed by atoms with Crippen molar-refractivity contribution in [3.05, 3.63) is 22.5 Å². The summed E-state index contributed by atoms with van der Waals surface area (Å²) < 4.78 is 1.72. The topological polar surface area (TPSA) is 54.6 Å². The molecule has 0 radical (unpaired) electrons. The van der Waals surface area contributed by atoms with E-state index in [4.69, 9.17) is 5.11 Å². The summed E-state index contributed by atoms with van der Waals surface area (Å²) in [4.78, 5) is 16.9. The third-order valence-corrected chi connectivity index (χ3v) is 3.22. The first-order valence-corrected chi connectivity index (χ1v) is 5.15. The van der Waals surface area contributed by atoms with E-state index in [-0.39, 0.29) is 5.69 Å². The maximum Gasteiger partial charge on any atom is 0.354 e. The Morgan fingerprint density at radius 1 is 1.71 bits per heavy atom. The lowest BCUT2D eigenvalue weighted by molar-refractivity contribution is 0.0689. The van der Waals surface area contributed by atoms with Gasteiger partial charge >= 0.3 is 5.97 Å². The Balaban J connectivity index is 2.81. The Bertz CT molecular complexity index is 498. The monoisotopic (exact) mass is 210 g/mol. The van der Waals surface area contributed by atoms with Gasteiger partial charge in [0.2, 0.25) is 0 Å². The summed E-state index contributed by atoms with van der Waals surface area (Å²) in [5.74, 6) is -0.926. The molecule has 2 rings (SSSR count). The van der Waals surface area contributed by atoms with Gasteiger partial charge in [-0.2, -0.15) is 0 Å². The van der Waals surface area contributed by atoms with Crippen molar-refractivity contribution in [2.45, 2.75) is 20.3 Å². The van der Waals surface area contributed by atoms with Gasteiger partial charge in [-0.1, -0.05) is 6.92 Å². The van der Waals surface area contributed by atoms with Crippen molar-refractivity contribution in [3.63, 3.8) is 0 Å². The number of hydrogen-bond acceptors (Lipinski definition) is 3. The van der Waals surface area contributed by atoms with Gasteiger partial charge in [0.1, 0.15) is 0 Å². The van der Waals surface area contributed by atoms with E-state index in [0.29, 0.717) is 0 Å². The quantitative estimate of drug-likeness (QED) is 0.824. The van der Waals surface area contributed by atoms with E-state index in [0.717, 1.165) is 22.0 Å². The number of carboxylic acid groups (broad SMARTS) is 1. The SMILES string of the molecule is CCc1c(C)sc2ncc(C(=O)O)n12. The van der Waals surface area contributed by atoms with Crippen LogP contribution in [-0.4, -0.2) is 20.5 Å². The maximum atomic E-state index is 10.9. The summed E-state index contributed by atoms with van der Waals surface area (Å²) >= 11 is 1.53. The fourth-order valence-corrected chi connectivity index (χ4v) is 2.61. The molecule has 4 nitrogen and oxygen atoms in total. The number of carboxylic acids is 1. The summed E-state index contributed by atoms with van der Waals surface area (Å²) in [6.07, 6.45) is 2.23. The van der Waals surface area contributed by atoms with E-state index in [1.165, 1.54) is 17.5 Å². The smallest absolute Gasteiger partial charge is 0.354 e. The molecular formula is C9H10N2O2S. The van der Waals surface area contributed by atoms with E-state index in [9.17, 15) is 4.79 Å². The van der Waals surface area contributed by atoms with Gasteiger partial charge in [0.25, 0.3) is 0 Å². The molecule has 2 aromatic rings. The molecule has 14 heavy (non-hydrogen) atoms. The minimum atomic E-state index is -0.926. The number of nitrogens with zero attached hydrogens (tertiary/aromatic N) is 2. The molecule has 2 aromatic heterocycles. The van der Waals surface area contributed by atoms with Crippen LogP contribution in [-0.2, 0) is 6.42 Å². The van der Waals surface area contributed by atoms with Gasteiger partial charge in [-0.15, -0.1) is 11.3 Å². The van der Waals surface area contributed by atoms with E-state index in [2.05, 4.69) is 4.98 Å². The van der Waals surface area contributed by atoms with Gasteiger partial charge < -0.3 is 5.11 Å². The Morgan fingerprint density at radius 2 is 2.43 bits per heavy atom. The van der Waals surface area contributed by atoms with Crippen LogP contribution in [0.3, 0.4) is 0 Å². The number of aromatic nitrogens is 2. The molecule has 0 fully saturated rings. The molecule has 0 bridgehead atoms. The van der Waals surface area contributed by atoms with Gasteiger partial charge in [0.05, 0.1) is 6.20 Å². The van der Waals surface area contributed by atoms with Crippen molar-refractivity contribution in [1.29, 1.82) is 0 Å². The van der Waals surface area contributed by atoms with Crippen LogP contribution in [0.2, 0.25) is 0 Å². The lowest BCUT2D eigenvalue weighted by Gasteiger charge is -1.98. The van der Waals surface area contributed by atoms with Gasteiger partial charge in [0.15, 0.2) is 10.7 Å². The fourth-order valence-electron chi connectivity index (χ4n) is 1.58. The summed E-state index contributed by atoms with van der Waals surface area (Å²) in [5.41, 5.74) is 1.29. The molecule has 0 saturated heterocycles. The van der Waals surface area contributed by atoms with E-state index < -0.39 is 5.97 Å². The number of aryl methyl sites for hydroxylation is 2. The number of thiazole rings is 1. The fraction of sp³-hybridized carbons (Fsp3) is 0.333. The standard InChI is InChI=1S/C9H10N2O2S/c1-3-6-5(2)14-9-10-4-7(8(12)13)11(6)9/h4H,3H2,1-2H3,(H,12,13). The molecule has 0 saturated carbocycles. The normalized spacial score (nSPS) is 11.0. The average molecular weight is 210 g/mol. The summed E-state index contributed by atoms with van der Waals surface area (Å²) in [5, 5.41) is 8.94. The third kappa shape index (κ3) is 1.13. The third-order valence-electron chi connectivity index (χ3n) is 2.20. The van der Waals surface area contributed by atoms with Crippen LogP contribution >= 0.6 is 11.3 Å². The minimum absolute atomic E-state index is 0.251. The molecule has 0 aliphatic rings. The largest absolute Gasteiger partial charge is 0.477 e. The Labute approximate surface area is 84.8 Å². The van der Waals surface area contributed by atoms with Crippen molar-refractivity contribution in [1.82, 2.24) is 9.38 Å². The number of fused-ring (bicyclic) bond motifs is 1. The van der Waals surface area contributed by atoms with Crippen LogP contribution in [0.4, 0.5) is 0 Å². The van der Waals surface area contributed by atoms with Gasteiger partial charge in [-0.25, -0.2) is 9.78 Å². The Hall–Kier alpha value is -1.36. The highest BCUT2D eigenvalue weighted by atomic mass is 32.1. The Morgan fingerprint density at radius 3 is 3.00 bits per heavy atom. The van der Waals surface area contributed by atoms with E-state index in [1.54, 1.807) is 4.40 Å². The highest BCUT2D eigenvalue weighted by Gasteiger charge is 2.16. The van der Waals surface area contributed by atoms with E-state index in [1.807, 2.05) is 13.8 Å². The zero-order valence-corrected chi connectivity index (χ0v) is 8.76. The van der Waals surface area contributed by atoms with Crippen molar-refractivity contribution < 1.29 is 9.90 Å². The van der Waals surface area contributed by atoms with E-state index >= 15 is 0 Å². The van der Waals surface area contributed by atoms with Gasteiger partial charge in [-0.05, 0) is 13.3 Å². The predicted octanol–water partition coefficient (Wildman–Crippen LogP) is 1.96. The zero-order chi connectivity index (χ0) is 10.3. The van der Waals surface area contributed by atoms with Crippen LogP contribution in [0, 0.1) is 6.92 Å². The first kappa shape index (κ1) is 9.21. The van der Waals surface area contributed by atoms with Crippen LogP contribution in [0.15, 0.2) is 6.20 Å². The number of aromatic carboxylic acids is 1. The van der Waals surface area contributed by atoms with Crippen LogP contribution in [0.1, 0.15) is 28.0 Å². The second-order valence-electron chi connectivity index (χ2n) is 3.03. The molecule has 0 amide bonds. The first-order chi connectivity index (χ1) is 6.65. The molecule has 0 aromatic carbocycles. The average Bonchev–Trinajstić information content (AvgIpc) is 2.61. The van der Waals surface area contributed by atoms with Gasteiger partial charge in [-0.3, -0.25) is 4.40 Å². The summed E-state index contributed by atoms with van der Waals surface area (Å²) in [7, 11) is 0. The highest BCUT2D eigenvalue weighted by molar-refractivity contribution is 7.17. The lowest BCUT2D eigenvalue weighted by Crippen LogP contribution is -2.03. The molecule has 1 N–H and O–H groups in total. The molecule has 0 aliphatic heterocycles. The number of hydrogen-bond donors (Lipinski definition) is 1. The second-order valence-corrected chi connectivity index (χ2v) is 4.21. The van der Waals surface area contributed by atoms with Crippen LogP contribution < -0.4 is 0 Å². The molecule has 2 heterocycles. The highest BCUT2D eigenvalue weighted by Crippen LogP contribution is 2.23. The molecule has 0 aliphatic carbocycles. The number of carbonyl (C=O) groups is 1. The molecule has 5 heteroatoms. The minimum Gasteiger partial charge on any atom is -0.477 e. The van der Waals surface area contributed by atoms with Crippen LogP contribution in [0.5, 0.6) is 0 Å². The van der Waals surface area contributed by atoms with Gasteiger partial charge in [0, 0.05) is 10.6 Å². The predicted molar refractivity (Wildman–Crippen MR) is 54.1 cm³/mol. The number of rotatable bonds is 2. The molecule has 0 spiro atoms. The lowest BCUT2D eigenvalue weighted by atomic mass is 10.3. The van der Waals surface area contributed by atoms with Crippen LogP contribution in [0.25, 0.3) is 4.96 Å². The summed E-state index contributed by atoms with van der Waals surface area (Å²) in [6.45, 7) is 4.00. The van der Waals surface area contributed by atoms with Crippen molar-refractivity contribution in [2.24, 2.45) is 0 Å². The maximum absolute atomic E-state index is 10.9.